The van der Waals surface area contributed by atoms with E-state index in [0.717, 1.165) is 16.8 Å². The van der Waals surface area contributed by atoms with Gasteiger partial charge in [0.25, 0.3) is 5.89 Å². The predicted octanol–water partition coefficient (Wildman–Crippen LogP) is 2.32. The molecule has 18 heavy (non-hydrogen) atoms. The highest BCUT2D eigenvalue weighted by Gasteiger charge is 2.11. The van der Waals surface area contributed by atoms with Gasteiger partial charge in [0.05, 0.1) is 5.69 Å². The molecule has 0 aliphatic rings. The highest BCUT2D eigenvalue weighted by Crippen LogP contribution is 2.23. The van der Waals surface area contributed by atoms with Crippen LogP contribution < -0.4 is 5.73 Å². The molecule has 0 aliphatic heterocycles. The molecule has 0 fully saturated rings. The van der Waals surface area contributed by atoms with Gasteiger partial charge in [-0.15, -0.1) is 0 Å². The Morgan fingerprint density at radius 1 is 1.28 bits per heavy atom. The second-order valence-corrected chi connectivity index (χ2v) is 4.46. The molecule has 0 spiro atoms. The second kappa shape index (κ2) is 4.67. The Morgan fingerprint density at radius 3 is 3.00 bits per heavy atom. The molecule has 0 saturated carbocycles. The molecule has 0 atom stereocenters. The van der Waals surface area contributed by atoms with Crippen LogP contribution in [-0.4, -0.2) is 15.1 Å². The fourth-order valence-electron chi connectivity index (χ4n) is 1.57. The van der Waals surface area contributed by atoms with E-state index in [9.17, 15) is 0 Å². The van der Waals surface area contributed by atoms with Crippen molar-refractivity contribution in [1.82, 2.24) is 15.1 Å². The van der Waals surface area contributed by atoms with E-state index in [2.05, 4.69) is 15.1 Å². The molecule has 5 nitrogen and oxygen atoms in total. The SMILES string of the molecule is NCc1cc(-c2nc(-c3ccsc3)no2)ccn1. The fourth-order valence-corrected chi connectivity index (χ4v) is 2.21. The lowest BCUT2D eigenvalue weighted by atomic mass is 10.2. The smallest absolute Gasteiger partial charge is 0.258 e. The first-order chi connectivity index (χ1) is 8.86. The van der Waals surface area contributed by atoms with E-state index in [1.54, 1.807) is 17.5 Å². The van der Waals surface area contributed by atoms with Gasteiger partial charge < -0.3 is 10.3 Å². The summed E-state index contributed by atoms with van der Waals surface area (Å²) in [5.41, 5.74) is 8.14. The third-order valence-corrected chi connectivity index (χ3v) is 3.16. The standard InChI is InChI=1S/C12H10N4OS/c13-6-10-5-8(1-3-14-10)12-15-11(16-17-12)9-2-4-18-7-9/h1-5,7H,6,13H2. The summed E-state index contributed by atoms with van der Waals surface area (Å²) in [6, 6.07) is 5.63. The van der Waals surface area contributed by atoms with E-state index < -0.39 is 0 Å². The van der Waals surface area contributed by atoms with Gasteiger partial charge in [0.2, 0.25) is 5.82 Å². The Labute approximate surface area is 107 Å². The molecule has 0 amide bonds. The van der Waals surface area contributed by atoms with Crippen molar-refractivity contribution in [2.45, 2.75) is 6.54 Å². The molecule has 90 valence electrons. The van der Waals surface area contributed by atoms with E-state index in [-0.39, 0.29) is 0 Å². The normalized spacial score (nSPS) is 10.7. The Balaban J connectivity index is 1.97. The highest BCUT2D eigenvalue weighted by molar-refractivity contribution is 7.08. The van der Waals surface area contributed by atoms with Crippen LogP contribution in [0.25, 0.3) is 22.8 Å². The topological polar surface area (TPSA) is 77.8 Å². The van der Waals surface area contributed by atoms with Crippen molar-refractivity contribution in [3.63, 3.8) is 0 Å². The van der Waals surface area contributed by atoms with Crippen molar-refractivity contribution >= 4 is 11.3 Å². The number of pyridine rings is 1. The summed E-state index contributed by atoms with van der Waals surface area (Å²) < 4.78 is 5.25. The quantitative estimate of drug-likeness (QED) is 0.780. The molecule has 0 bridgehead atoms. The van der Waals surface area contributed by atoms with Gasteiger partial charge in [0.1, 0.15) is 0 Å². The summed E-state index contributed by atoms with van der Waals surface area (Å²) in [7, 11) is 0. The first kappa shape index (κ1) is 11.1. The van der Waals surface area contributed by atoms with Gasteiger partial charge in [-0.3, -0.25) is 4.98 Å². The van der Waals surface area contributed by atoms with Gasteiger partial charge in [0, 0.05) is 29.2 Å². The summed E-state index contributed by atoms with van der Waals surface area (Å²) in [6.45, 7) is 0.388. The van der Waals surface area contributed by atoms with Crippen molar-refractivity contribution in [3.05, 3.63) is 40.8 Å². The number of aromatic nitrogens is 3. The molecule has 3 rings (SSSR count). The van der Waals surface area contributed by atoms with E-state index in [1.165, 1.54) is 0 Å². The van der Waals surface area contributed by atoms with Crippen LogP contribution in [-0.2, 0) is 6.54 Å². The molecule has 0 aromatic carbocycles. The van der Waals surface area contributed by atoms with Crippen LogP contribution in [0, 0.1) is 0 Å². The zero-order valence-electron chi connectivity index (χ0n) is 9.41. The maximum atomic E-state index is 5.55. The monoisotopic (exact) mass is 258 g/mol. The molecule has 0 saturated heterocycles. The second-order valence-electron chi connectivity index (χ2n) is 3.68. The average molecular weight is 258 g/mol. The van der Waals surface area contributed by atoms with Gasteiger partial charge in [-0.25, -0.2) is 0 Å². The molecule has 2 N–H and O–H groups in total. The number of hydrogen-bond acceptors (Lipinski definition) is 6. The van der Waals surface area contributed by atoms with Crippen LogP contribution in [0.4, 0.5) is 0 Å². The number of nitrogens with two attached hydrogens (primary N) is 1. The van der Waals surface area contributed by atoms with Gasteiger partial charge in [-0.1, -0.05) is 5.16 Å². The van der Waals surface area contributed by atoms with Crippen LogP contribution in [0.15, 0.2) is 39.7 Å². The maximum absolute atomic E-state index is 5.55. The van der Waals surface area contributed by atoms with E-state index >= 15 is 0 Å². The van der Waals surface area contributed by atoms with Crippen molar-refractivity contribution in [2.24, 2.45) is 5.73 Å². The van der Waals surface area contributed by atoms with Crippen molar-refractivity contribution in [3.8, 4) is 22.8 Å². The third-order valence-electron chi connectivity index (χ3n) is 2.48. The predicted molar refractivity (Wildman–Crippen MR) is 68.7 cm³/mol. The Bertz CT molecular complexity index is 648. The first-order valence-electron chi connectivity index (χ1n) is 5.38. The maximum Gasteiger partial charge on any atom is 0.258 e. The van der Waals surface area contributed by atoms with Crippen molar-refractivity contribution < 1.29 is 4.52 Å². The largest absolute Gasteiger partial charge is 0.334 e. The highest BCUT2D eigenvalue weighted by atomic mass is 32.1. The average Bonchev–Trinajstić information content (AvgIpc) is 3.09. The van der Waals surface area contributed by atoms with E-state index in [4.69, 9.17) is 10.3 Å². The summed E-state index contributed by atoms with van der Waals surface area (Å²) in [5, 5.41) is 7.91. The molecule has 3 heterocycles. The van der Waals surface area contributed by atoms with Crippen LogP contribution >= 0.6 is 11.3 Å². The van der Waals surface area contributed by atoms with Crippen LogP contribution in [0.2, 0.25) is 0 Å². The van der Waals surface area contributed by atoms with Crippen LogP contribution in [0.5, 0.6) is 0 Å². The summed E-state index contributed by atoms with van der Waals surface area (Å²) in [4.78, 5) is 8.49. The van der Waals surface area contributed by atoms with Crippen molar-refractivity contribution in [1.29, 1.82) is 0 Å². The zero-order chi connectivity index (χ0) is 12.4. The molecule has 6 heteroatoms. The summed E-state index contributed by atoms with van der Waals surface area (Å²) in [6.07, 6.45) is 1.69. The molecule has 0 aliphatic carbocycles. The number of rotatable bonds is 3. The van der Waals surface area contributed by atoms with Gasteiger partial charge >= 0.3 is 0 Å². The number of thiophene rings is 1. The third kappa shape index (κ3) is 2.03. The Hall–Kier alpha value is -2.05. The lowest BCUT2D eigenvalue weighted by Gasteiger charge is -1.97. The minimum Gasteiger partial charge on any atom is -0.334 e. The lowest BCUT2D eigenvalue weighted by Crippen LogP contribution is -1.98. The first-order valence-corrected chi connectivity index (χ1v) is 6.33. The molecule has 0 radical (unpaired) electrons. The van der Waals surface area contributed by atoms with Crippen LogP contribution in [0.1, 0.15) is 5.69 Å². The lowest BCUT2D eigenvalue weighted by molar-refractivity contribution is 0.432. The molecule has 3 aromatic heterocycles. The van der Waals surface area contributed by atoms with Gasteiger partial charge in [-0.2, -0.15) is 16.3 Å². The molecular formula is C12H10N4OS. The molecule has 0 unspecified atom stereocenters. The Morgan fingerprint density at radius 2 is 2.22 bits per heavy atom. The van der Waals surface area contributed by atoms with E-state index in [1.807, 2.05) is 29.0 Å². The minimum atomic E-state index is 0.388. The van der Waals surface area contributed by atoms with Gasteiger partial charge in [0.15, 0.2) is 0 Å². The van der Waals surface area contributed by atoms with Gasteiger partial charge in [-0.05, 0) is 23.6 Å². The van der Waals surface area contributed by atoms with E-state index in [0.29, 0.717) is 18.3 Å². The minimum absolute atomic E-state index is 0.388. The van der Waals surface area contributed by atoms with Crippen LogP contribution in [0.3, 0.4) is 0 Å². The number of nitrogens with zero attached hydrogens (tertiary/aromatic N) is 3. The zero-order valence-corrected chi connectivity index (χ0v) is 10.2. The summed E-state index contributed by atoms with van der Waals surface area (Å²) >= 11 is 1.60. The molecular weight excluding hydrogens is 248 g/mol. The van der Waals surface area contributed by atoms with Crippen molar-refractivity contribution in [2.75, 3.05) is 0 Å². The fraction of sp³-hybridized carbons (Fsp3) is 0.0833. The summed E-state index contributed by atoms with van der Waals surface area (Å²) in [5.74, 6) is 1.07. The number of hydrogen-bond donors (Lipinski definition) is 1. The Kier molecular flexibility index (Phi) is 2.87. The molecule has 3 aromatic rings.